The zero-order valence-corrected chi connectivity index (χ0v) is 11.5. The first kappa shape index (κ1) is 13.3. The average Bonchev–Trinajstić information content (AvgIpc) is 1.99. The molecule has 8 heteroatoms. The van der Waals surface area contributed by atoms with Crippen LogP contribution in [0.25, 0.3) is 0 Å². The molecule has 84 valence electrons. The largest absolute Gasteiger partial charge is 0.284 e. The van der Waals surface area contributed by atoms with Crippen LogP contribution in [0.2, 0.25) is 0 Å². The summed E-state index contributed by atoms with van der Waals surface area (Å²) in [6, 6.07) is 6.39. The van der Waals surface area contributed by atoms with Crippen LogP contribution in [-0.4, -0.2) is 8.42 Å². The van der Waals surface area contributed by atoms with Gasteiger partial charge in [-0.15, -0.1) is 4.15 Å². The molecule has 0 amide bonds. The Hall–Kier alpha value is 0.270. The minimum absolute atomic E-state index is 0.0660. The van der Waals surface area contributed by atoms with Gasteiger partial charge in [-0.3, -0.25) is 0 Å². The van der Waals surface area contributed by atoms with E-state index in [9.17, 15) is 8.42 Å². The fourth-order valence-corrected chi connectivity index (χ4v) is 5.26. The molecule has 15 heavy (non-hydrogen) atoms. The predicted octanol–water partition coefficient (Wildman–Crippen LogP) is 4.35. The van der Waals surface area contributed by atoms with Gasteiger partial charge in [-0.1, -0.05) is 18.2 Å². The minimum atomic E-state index is -3.87. The number of hydrogen-bond acceptors (Lipinski definition) is 2. The van der Waals surface area contributed by atoms with Crippen LogP contribution in [0.1, 0.15) is 5.56 Å². The van der Waals surface area contributed by atoms with E-state index in [2.05, 4.69) is 4.15 Å². The van der Waals surface area contributed by atoms with Gasteiger partial charge in [0.15, 0.2) is 0 Å². The number of benzene rings is 1. The topological polar surface area (TPSA) is 46.5 Å². The molecule has 0 saturated carbocycles. The smallest absolute Gasteiger partial charge is 0.199 e. The summed E-state index contributed by atoms with van der Waals surface area (Å²) in [5.41, 5.74) is 0.569. The molecule has 3 nitrogen and oxygen atoms in total. The minimum Gasteiger partial charge on any atom is -0.199 e. The fraction of sp³-hybridized carbons (Fsp3) is 0.143. The van der Waals surface area contributed by atoms with Crippen molar-refractivity contribution >= 4 is 48.9 Å². The van der Waals surface area contributed by atoms with Crippen LogP contribution in [0.5, 0.6) is 0 Å². The second kappa shape index (κ2) is 4.64. The maximum Gasteiger partial charge on any atom is 0.284 e. The zero-order valence-electron chi connectivity index (χ0n) is 7.56. The standard InChI is InChI=1S/C7H7Cl3NO2PS/c1-6-4-2-3-5-7(6)15(12,13)11-14(8,9)10/h2-5H,1H3. The van der Waals surface area contributed by atoms with Crippen LogP contribution in [-0.2, 0) is 10.0 Å². The summed E-state index contributed by atoms with van der Waals surface area (Å²) in [7, 11) is -3.87. The summed E-state index contributed by atoms with van der Waals surface area (Å²) in [5, 5.41) is -3.27. The highest BCUT2D eigenvalue weighted by molar-refractivity contribution is 8.28. The maximum absolute atomic E-state index is 11.7. The first-order chi connectivity index (χ1) is 6.72. The van der Waals surface area contributed by atoms with E-state index < -0.39 is 15.1 Å². The van der Waals surface area contributed by atoms with Crippen molar-refractivity contribution in [3.8, 4) is 0 Å². The summed E-state index contributed by atoms with van der Waals surface area (Å²) in [6.45, 7) is 1.65. The van der Waals surface area contributed by atoms with Gasteiger partial charge in [0.2, 0.25) is 5.11 Å². The van der Waals surface area contributed by atoms with Crippen LogP contribution in [0, 0.1) is 6.92 Å². The Morgan fingerprint density at radius 3 is 2.20 bits per heavy atom. The monoisotopic (exact) mass is 305 g/mol. The Bertz CT molecular complexity index is 515. The maximum atomic E-state index is 11.7. The lowest BCUT2D eigenvalue weighted by Gasteiger charge is -2.04. The second-order valence-corrected chi connectivity index (χ2v) is 11.6. The third-order valence-electron chi connectivity index (χ3n) is 1.57. The van der Waals surface area contributed by atoms with Gasteiger partial charge in [-0.05, 0) is 52.3 Å². The molecule has 0 bridgehead atoms. The lowest BCUT2D eigenvalue weighted by molar-refractivity contribution is 0.598. The van der Waals surface area contributed by atoms with Crippen molar-refractivity contribution in [2.45, 2.75) is 11.8 Å². The normalized spacial score (nSPS) is 12.5. The molecule has 0 saturated heterocycles. The van der Waals surface area contributed by atoms with E-state index in [1.807, 2.05) is 0 Å². The van der Waals surface area contributed by atoms with E-state index in [0.29, 0.717) is 5.56 Å². The molecule has 0 aliphatic rings. The van der Waals surface area contributed by atoms with Crippen molar-refractivity contribution in [2.24, 2.45) is 4.15 Å². The highest BCUT2D eigenvalue weighted by atomic mass is 36.0. The molecule has 0 aromatic heterocycles. The van der Waals surface area contributed by atoms with Crippen molar-refractivity contribution in [1.29, 1.82) is 0 Å². The van der Waals surface area contributed by atoms with Gasteiger partial charge in [0.1, 0.15) is 0 Å². The quantitative estimate of drug-likeness (QED) is 0.763. The van der Waals surface area contributed by atoms with Crippen molar-refractivity contribution in [3.63, 3.8) is 0 Å². The van der Waals surface area contributed by atoms with Crippen molar-refractivity contribution in [3.05, 3.63) is 29.8 Å². The average molecular weight is 307 g/mol. The third-order valence-corrected chi connectivity index (χ3v) is 5.85. The summed E-state index contributed by atoms with van der Waals surface area (Å²) >= 11 is 16.2. The number of hydrogen-bond donors (Lipinski definition) is 0. The molecular weight excluding hydrogens is 299 g/mol. The molecule has 0 atom stereocenters. The second-order valence-electron chi connectivity index (χ2n) is 2.74. The molecule has 0 fully saturated rings. The molecule has 0 heterocycles. The molecule has 0 radical (unpaired) electrons. The predicted molar refractivity (Wildman–Crippen MR) is 65.3 cm³/mol. The molecule has 1 rings (SSSR count). The van der Waals surface area contributed by atoms with Gasteiger partial charge in [-0.2, -0.15) is 8.42 Å². The van der Waals surface area contributed by atoms with E-state index >= 15 is 0 Å². The summed E-state index contributed by atoms with van der Waals surface area (Å²) in [6.07, 6.45) is 0. The molecule has 0 spiro atoms. The Labute approximate surface area is 103 Å². The van der Waals surface area contributed by atoms with Crippen LogP contribution >= 0.6 is 38.8 Å². The number of nitrogens with zero attached hydrogens (tertiary/aromatic N) is 1. The van der Waals surface area contributed by atoms with E-state index in [0.717, 1.165) is 0 Å². The SMILES string of the molecule is Cc1ccccc1S(=O)(=O)N=P(Cl)(Cl)Cl. The summed E-state index contributed by atoms with van der Waals surface area (Å²) in [4.78, 5) is 0.0660. The number of aryl methyl sites for hydroxylation is 1. The highest BCUT2D eigenvalue weighted by Crippen LogP contribution is 2.66. The molecule has 1 aromatic rings. The lowest BCUT2D eigenvalue weighted by atomic mass is 10.2. The number of sulfonamides is 1. The summed E-state index contributed by atoms with van der Waals surface area (Å²) in [5.74, 6) is 0. The van der Waals surface area contributed by atoms with Crippen LogP contribution in [0.15, 0.2) is 33.3 Å². The van der Waals surface area contributed by atoms with E-state index in [1.165, 1.54) is 6.07 Å². The number of rotatable bonds is 2. The van der Waals surface area contributed by atoms with Gasteiger partial charge in [-0.25, -0.2) is 0 Å². The Morgan fingerprint density at radius 2 is 1.73 bits per heavy atom. The van der Waals surface area contributed by atoms with E-state index in [4.69, 9.17) is 33.7 Å². The van der Waals surface area contributed by atoms with Crippen molar-refractivity contribution in [2.75, 3.05) is 0 Å². The summed E-state index contributed by atoms with van der Waals surface area (Å²) < 4.78 is 26.6. The third kappa shape index (κ3) is 3.97. The fourth-order valence-electron chi connectivity index (χ4n) is 1.01. The van der Waals surface area contributed by atoms with Gasteiger partial charge < -0.3 is 0 Å². The van der Waals surface area contributed by atoms with Gasteiger partial charge in [0.25, 0.3) is 10.0 Å². The van der Waals surface area contributed by atoms with Gasteiger partial charge in [0.05, 0.1) is 4.90 Å². The molecular formula is C7H7Cl3NO2PS. The van der Waals surface area contributed by atoms with Gasteiger partial charge >= 0.3 is 0 Å². The Morgan fingerprint density at radius 1 is 1.20 bits per heavy atom. The first-order valence-electron chi connectivity index (χ1n) is 3.75. The van der Waals surface area contributed by atoms with Crippen molar-refractivity contribution < 1.29 is 8.42 Å². The molecule has 0 unspecified atom stereocenters. The highest BCUT2D eigenvalue weighted by Gasteiger charge is 2.19. The van der Waals surface area contributed by atoms with E-state index in [1.54, 1.807) is 25.1 Å². The number of halogens is 3. The Balaban J connectivity index is 3.38. The molecule has 0 aliphatic carbocycles. The van der Waals surface area contributed by atoms with Gasteiger partial charge in [0, 0.05) is 0 Å². The Kier molecular flexibility index (Phi) is 4.13. The lowest BCUT2D eigenvalue weighted by Crippen LogP contribution is -1.97. The zero-order chi connectivity index (χ0) is 11.7. The first-order valence-corrected chi connectivity index (χ1v) is 9.65. The molecule has 1 aromatic carbocycles. The molecule has 0 aliphatic heterocycles. The van der Waals surface area contributed by atoms with Crippen LogP contribution < -0.4 is 0 Å². The van der Waals surface area contributed by atoms with Crippen molar-refractivity contribution in [1.82, 2.24) is 0 Å². The van der Waals surface area contributed by atoms with E-state index in [-0.39, 0.29) is 4.90 Å². The van der Waals surface area contributed by atoms with Crippen LogP contribution in [0.4, 0.5) is 0 Å². The van der Waals surface area contributed by atoms with Crippen LogP contribution in [0.3, 0.4) is 0 Å². The molecule has 0 N–H and O–H groups in total.